The van der Waals surface area contributed by atoms with Crippen molar-refractivity contribution in [3.05, 3.63) is 28.8 Å². The summed E-state index contributed by atoms with van der Waals surface area (Å²) in [6, 6.07) is 4.10. The van der Waals surface area contributed by atoms with E-state index in [2.05, 4.69) is 6.07 Å². The van der Waals surface area contributed by atoms with E-state index in [9.17, 15) is 4.79 Å². The zero-order chi connectivity index (χ0) is 12.3. The van der Waals surface area contributed by atoms with Crippen LogP contribution in [0.2, 0.25) is 0 Å². The van der Waals surface area contributed by atoms with Crippen LogP contribution >= 0.6 is 0 Å². The van der Waals surface area contributed by atoms with Crippen LogP contribution in [0, 0.1) is 13.8 Å². The number of amides is 1. The van der Waals surface area contributed by atoms with Crippen LogP contribution in [-0.2, 0) is 11.3 Å². The number of benzene rings is 1. The first-order valence-corrected chi connectivity index (χ1v) is 5.31. The normalized spacial score (nSPS) is 10.1. The molecule has 1 aromatic carbocycles. The molecule has 0 aromatic heterocycles. The van der Waals surface area contributed by atoms with E-state index in [0.29, 0.717) is 6.54 Å². The number of carbonyl (C=O) groups is 1. The quantitative estimate of drug-likeness (QED) is 0.783. The largest absolute Gasteiger partial charge is 0.496 e. The average Bonchev–Trinajstić information content (AvgIpc) is 2.21. The first-order valence-electron chi connectivity index (χ1n) is 5.31. The molecule has 0 saturated heterocycles. The van der Waals surface area contributed by atoms with Crippen LogP contribution < -0.4 is 4.74 Å². The van der Waals surface area contributed by atoms with Crippen LogP contribution in [0.3, 0.4) is 0 Å². The molecule has 16 heavy (non-hydrogen) atoms. The highest BCUT2D eigenvalue weighted by molar-refractivity contribution is 5.73. The Kier molecular flexibility index (Phi) is 3.93. The van der Waals surface area contributed by atoms with Crippen molar-refractivity contribution in [3.8, 4) is 5.75 Å². The average molecular weight is 221 g/mol. The molecule has 0 bridgehead atoms. The van der Waals surface area contributed by atoms with Gasteiger partial charge in [-0.3, -0.25) is 4.79 Å². The van der Waals surface area contributed by atoms with Crippen molar-refractivity contribution in [3.63, 3.8) is 0 Å². The molecule has 0 spiro atoms. The minimum Gasteiger partial charge on any atom is -0.496 e. The number of hydrogen-bond donors (Lipinski definition) is 0. The minimum absolute atomic E-state index is 0.0574. The number of ether oxygens (including phenoxy) is 1. The Morgan fingerprint density at radius 2 is 2.00 bits per heavy atom. The number of hydrogen-bond acceptors (Lipinski definition) is 2. The summed E-state index contributed by atoms with van der Waals surface area (Å²) in [4.78, 5) is 12.9. The summed E-state index contributed by atoms with van der Waals surface area (Å²) in [6.07, 6.45) is 0. The van der Waals surface area contributed by atoms with Crippen molar-refractivity contribution in [2.75, 3.05) is 14.2 Å². The van der Waals surface area contributed by atoms with Gasteiger partial charge < -0.3 is 9.64 Å². The van der Waals surface area contributed by atoms with Gasteiger partial charge in [0.2, 0.25) is 5.91 Å². The van der Waals surface area contributed by atoms with Crippen molar-refractivity contribution in [2.45, 2.75) is 27.3 Å². The number of aryl methyl sites for hydroxylation is 2. The minimum atomic E-state index is 0.0574. The molecule has 0 unspecified atom stereocenters. The van der Waals surface area contributed by atoms with Crippen molar-refractivity contribution >= 4 is 5.91 Å². The third kappa shape index (κ3) is 2.75. The SMILES string of the molecule is COc1cc(C)cc(C)c1CN(C)C(C)=O. The highest BCUT2D eigenvalue weighted by Gasteiger charge is 2.11. The molecule has 0 saturated carbocycles. The molecule has 88 valence electrons. The lowest BCUT2D eigenvalue weighted by Crippen LogP contribution is -2.23. The van der Waals surface area contributed by atoms with E-state index in [1.54, 1.807) is 26.0 Å². The molecular formula is C13H19NO2. The van der Waals surface area contributed by atoms with E-state index in [-0.39, 0.29) is 5.91 Å². The summed E-state index contributed by atoms with van der Waals surface area (Å²) in [5, 5.41) is 0. The van der Waals surface area contributed by atoms with Gasteiger partial charge in [-0.25, -0.2) is 0 Å². The maximum absolute atomic E-state index is 11.2. The lowest BCUT2D eigenvalue weighted by atomic mass is 10.0. The Balaban J connectivity index is 3.07. The monoisotopic (exact) mass is 221 g/mol. The number of methoxy groups -OCH3 is 1. The second kappa shape index (κ2) is 5.01. The van der Waals surface area contributed by atoms with Crippen LogP contribution in [0.5, 0.6) is 5.75 Å². The molecule has 0 N–H and O–H groups in total. The van der Waals surface area contributed by atoms with E-state index in [1.807, 2.05) is 19.9 Å². The Labute approximate surface area is 97.0 Å². The summed E-state index contributed by atoms with van der Waals surface area (Å²) in [6.45, 7) is 6.23. The van der Waals surface area contributed by atoms with Gasteiger partial charge in [0, 0.05) is 26.1 Å². The van der Waals surface area contributed by atoms with Crippen molar-refractivity contribution in [2.24, 2.45) is 0 Å². The fraction of sp³-hybridized carbons (Fsp3) is 0.462. The van der Waals surface area contributed by atoms with Gasteiger partial charge in [-0.2, -0.15) is 0 Å². The van der Waals surface area contributed by atoms with Gasteiger partial charge in [0.05, 0.1) is 7.11 Å². The molecule has 1 rings (SSSR count). The Hall–Kier alpha value is -1.51. The second-order valence-corrected chi connectivity index (χ2v) is 4.14. The van der Waals surface area contributed by atoms with Gasteiger partial charge in [0.15, 0.2) is 0 Å². The molecule has 0 aliphatic carbocycles. The summed E-state index contributed by atoms with van der Waals surface area (Å²) in [5.74, 6) is 0.910. The molecule has 0 fully saturated rings. The predicted molar refractivity (Wildman–Crippen MR) is 64.6 cm³/mol. The molecule has 0 aliphatic rings. The Morgan fingerprint density at radius 3 is 2.50 bits per heavy atom. The maximum Gasteiger partial charge on any atom is 0.219 e. The molecule has 0 heterocycles. The maximum atomic E-state index is 11.2. The fourth-order valence-electron chi connectivity index (χ4n) is 1.69. The molecule has 1 aromatic rings. The number of rotatable bonds is 3. The molecular weight excluding hydrogens is 202 g/mol. The van der Waals surface area contributed by atoms with E-state index >= 15 is 0 Å². The van der Waals surface area contributed by atoms with E-state index < -0.39 is 0 Å². The van der Waals surface area contributed by atoms with Gasteiger partial charge in [0.25, 0.3) is 0 Å². The van der Waals surface area contributed by atoms with Crippen molar-refractivity contribution < 1.29 is 9.53 Å². The third-order valence-electron chi connectivity index (χ3n) is 2.73. The topological polar surface area (TPSA) is 29.5 Å². The van der Waals surface area contributed by atoms with Crippen LogP contribution in [0.25, 0.3) is 0 Å². The van der Waals surface area contributed by atoms with Gasteiger partial charge in [-0.05, 0) is 31.0 Å². The zero-order valence-electron chi connectivity index (χ0n) is 10.6. The van der Waals surface area contributed by atoms with E-state index in [4.69, 9.17) is 4.74 Å². The number of nitrogens with zero attached hydrogens (tertiary/aromatic N) is 1. The van der Waals surface area contributed by atoms with E-state index in [0.717, 1.165) is 16.9 Å². The summed E-state index contributed by atoms with van der Waals surface area (Å²) in [7, 11) is 3.45. The van der Waals surface area contributed by atoms with Gasteiger partial charge in [-0.1, -0.05) is 6.07 Å². The predicted octanol–water partition coefficient (Wildman–Crippen LogP) is 2.29. The second-order valence-electron chi connectivity index (χ2n) is 4.14. The van der Waals surface area contributed by atoms with Crippen LogP contribution in [0.1, 0.15) is 23.6 Å². The standard InChI is InChI=1S/C13H19NO2/c1-9-6-10(2)12(13(7-9)16-5)8-14(4)11(3)15/h6-7H,8H2,1-5H3. The fourth-order valence-corrected chi connectivity index (χ4v) is 1.69. The van der Waals surface area contributed by atoms with Gasteiger partial charge >= 0.3 is 0 Å². The highest BCUT2D eigenvalue weighted by Crippen LogP contribution is 2.25. The lowest BCUT2D eigenvalue weighted by Gasteiger charge is -2.19. The summed E-state index contributed by atoms with van der Waals surface area (Å²) in [5.41, 5.74) is 3.40. The molecule has 3 nitrogen and oxygen atoms in total. The van der Waals surface area contributed by atoms with Gasteiger partial charge in [0.1, 0.15) is 5.75 Å². The van der Waals surface area contributed by atoms with E-state index in [1.165, 1.54) is 5.56 Å². The van der Waals surface area contributed by atoms with Crippen LogP contribution in [0.4, 0.5) is 0 Å². The molecule has 0 aliphatic heterocycles. The summed E-state index contributed by atoms with van der Waals surface area (Å²) >= 11 is 0. The highest BCUT2D eigenvalue weighted by atomic mass is 16.5. The van der Waals surface area contributed by atoms with Crippen LogP contribution in [-0.4, -0.2) is 25.0 Å². The first-order chi connectivity index (χ1) is 7.45. The smallest absolute Gasteiger partial charge is 0.219 e. The molecule has 1 amide bonds. The van der Waals surface area contributed by atoms with Crippen molar-refractivity contribution in [1.29, 1.82) is 0 Å². The molecule has 0 atom stereocenters. The number of carbonyl (C=O) groups excluding carboxylic acids is 1. The Bertz CT molecular complexity index is 399. The lowest BCUT2D eigenvalue weighted by molar-refractivity contribution is -0.128. The van der Waals surface area contributed by atoms with Gasteiger partial charge in [-0.15, -0.1) is 0 Å². The van der Waals surface area contributed by atoms with Crippen LogP contribution in [0.15, 0.2) is 12.1 Å². The Morgan fingerprint density at radius 1 is 1.38 bits per heavy atom. The zero-order valence-corrected chi connectivity index (χ0v) is 10.6. The summed E-state index contributed by atoms with van der Waals surface area (Å²) < 4.78 is 5.35. The third-order valence-corrected chi connectivity index (χ3v) is 2.73. The first kappa shape index (κ1) is 12.6. The molecule has 3 heteroatoms. The molecule has 0 radical (unpaired) electrons. The van der Waals surface area contributed by atoms with Crippen molar-refractivity contribution in [1.82, 2.24) is 4.90 Å².